The third kappa shape index (κ3) is 3.59. The van der Waals surface area contributed by atoms with Gasteiger partial charge in [-0.25, -0.2) is 4.39 Å². The van der Waals surface area contributed by atoms with Crippen LogP contribution in [0.3, 0.4) is 0 Å². The first-order valence-electron chi connectivity index (χ1n) is 5.74. The average molecular weight is 398 g/mol. The number of rotatable bonds is 3. The van der Waals surface area contributed by atoms with Crippen LogP contribution in [0.25, 0.3) is 0 Å². The molecule has 0 radical (unpaired) electrons. The van der Waals surface area contributed by atoms with E-state index in [1.54, 1.807) is 18.2 Å². The van der Waals surface area contributed by atoms with Gasteiger partial charge in [-0.15, -0.1) is 0 Å². The van der Waals surface area contributed by atoms with Gasteiger partial charge >= 0.3 is 0 Å². The molecule has 1 nitrogen and oxygen atoms in total. The monoisotopic (exact) mass is 395 g/mol. The second-order valence-electron chi connectivity index (χ2n) is 4.28. The highest BCUT2D eigenvalue weighted by Crippen LogP contribution is 2.36. The second kappa shape index (κ2) is 6.52. The van der Waals surface area contributed by atoms with Crippen LogP contribution in [0.2, 0.25) is 15.1 Å². The van der Waals surface area contributed by atoms with E-state index in [1.807, 2.05) is 6.92 Å². The van der Waals surface area contributed by atoms with Gasteiger partial charge in [0.25, 0.3) is 0 Å². The van der Waals surface area contributed by atoms with Gasteiger partial charge in [0.2, 0.25) is 0 Å². The molecule has 0 amide bonds. The summed E-state index contributed by atoms with van der Waals surface area (Å²) < 4.78 is 14.3. The maximum absolute atomic E-state index is 13.5. The predicted molar refractivity (Wildman–Crippen MR) is 87.6 cm³/mol. The molecule has 20 heavy (non-hydrogen) atoms. The summed E-state index contributed by atoms with van der Waals surface area (Å²) in [7, 11) is 0. The maximum atomic E-state index is 13.5. The zero-order valence-corrected chi connectivity index (χ0v) is 14.2. The zero-order valence-electron chi connectivity index (χ0n) is 10.4. The number of hydrogen-bond acceptors (Lipinski definition) is 1. The van der Waals surface area contributed by atoms with Crippen LogP contribution in [-0.2, 0) is 0 Å². The molecule has 0 aromatic heterocycles. The SMILES string of the molecule is CC(Nc1c(Cl)cc(Br)cc1Cl)c1ccc(Cl)c(F)c1. The molecule has 0 saturated carbocycles. The lowest BCUT2D eigenvalue weighted by molar-refractivity contribution is 0.624. The molecule has 1 atom stereocenters. The van der Waals surface area contributed by atoms with E-state index < -0.39 is 5.82 Å². The van der Waals surface area contributed by atoms with E-state index in [4.69, 9.17) is 34.8 Å². The first-order chi connectivity index (χ1) is 9.38. The minimum atomic E-state index is -0.453. The lowest BCUT2D eigenvalue weighted by Gasteiger charge is -2.18. The smallest absolute Gasteiger partial charge is 0.142 e. The molecule has 2 aromatic rings. The van der Waals surface area contributed by atoms with Crippen LogP contribution in [0.5, 0.6) is 0 Å². The highest BCUT2D eigenvalue weighted by Gasteiger charge is 2.13. The third-order valence-electron chi connectivity index (χ3n) is 2.81. The predicted octanol–water partition coefficient (Wildman–Crippen LogP) is 6.72. The van der Waals surface area contributed by atoms with Crippen LogP contribution < -0.4 is 5.32 Å². The molecule has 2 rings (SSSR count). The van der Waals surface area contributed by atoms with E-state index in [9.17, 15) is 4.39 Å². The van der Waals surface area contributed by atoms with Crippen LogP contribution in [0.15, 0.2) is 34.8 Å². The zero-order chi connectivity index (χ0) is 14.9. The summed E-state index contributed by atoms with van der Waals surface area (Å²) in [6.45, 7) is 1.89. The third-order valence-corrected chi connectivity index (χ3v) is 4.17. The van der Waals surface area contributed by atoms with Crippen molar-refractivity contribution in [2.24, 2.45) is 0 Å². The molecular weight excluding hydrogens is 387 g/mol. The highest BCUT2D eigenvalue weighted by molar-refractivity contribution is 9.10. The van der Waals surface area contributed by atoms with E-state index in [0.29, 0.717) is 15.7 Å². The van der Waals surface area contributed by atoms with Gasteiger partial charge in [-0.05, 0) is 36.8 Å². The van der Waals surface area contributed by atoms with Crippen molar-refractivity contribution in [3.63, 3.8) is 0 Å². The topological polar surface area (TPSA) is 12.0 Å². The Morgan fingerprint density at radius 1 is 1.05 bits per heavy atom. The van der Waals surface area contributed by atoms with E-state index in [0.717, 1.165) is 10.0 Å². The summed E-state index contributed by atoms with van der Waals surface area (Å²) in [5.74, 6) is -0.453. The fourth-order valence-electron chi connectivity index (χ4n) is 1.76. The Bertz CT molecular complexity index is 625. The van der Waals surface area contributed by atoms with Crippen molar-refractivity contribution in [1.82, 2.24) is 0 Å². The van der Waals surface area contributed by atoms with Crippen LogP contribution in [0, 0.1) is 5.82 Å². The molecule has 2 aromatic carbocycles. The largest absolute Gasteiger partial charge is 0.376 e. The maximum Gasteiger partial charge on any atom is 0.142 e. The Morgan fingerprint density at radius 2 is 1.65 bits per heavy atom. The van der Waals surface area contributed by atoms with Crippen LogP contribution >= 0.6 is 50.7 Å². The fourth-order valence-corrected chi connectivity index (χ4v) is 3.20. The first kappa shape index (κ1) is 15.9. The average Bonchev–Trinajstić information content (AvgIpc) is 2.36. The Morgan fingerprint density at radius 3 is 2.20 bits per heavy atom. The van der Waals surface area contributed by atoms with Gasteiger partial charge < -0.3 is 5.32 Å². The molecule has 0 spiro atoms. The van der Waals surface area contributed by atoms with Crippen molar-refractivity contribution >= 4 is 56.4 Å². The number of benzene rings is 2. The van der Waals surface area contributed by atoms with Crippen molar-refractivity contribution in [1.29, 1.82) is 0 Å². The molecule has 0 aliphatic carbocycles. The Labute approximate surface area is 140 Å². The molecule has 0 aliphatic heterocycles. The van der Waals surface area contributed by atoms with Gasteiger partial charge in [0.05, 0.1) is 20.8 Å². The Hall–Kier alpha value is -0.480. The molecule has 0 fully saturated rings. The molecule has 6 heteroatoms. The van der Waals surface area contributed by atoms with Crippen molar-refractivity contribution < 1.29 is 4.39 Å². The summed E-state index contributed by atoms with van der Waals surface area (Å²) in [6.07, 6.45) is 0. The van der Waals surface area contributed by atoms with Gasteiger partial charge in [0.15, 0.2) is 0 Å². The van der Waals surface area contributed by atoms with Gasteiger partial charge in [0.1, 0.15) is 5.82 Å². The minimum Gasteiger partial charge on any atom is -0.376 e. The van der Waals surface area contributed by atoms with Crippen molar-refractivity contribution in [2.45, 2.75) is 13.0 Å². The first-order valence-corrected chi connectivity index (χ1v) is 7.67. The Balaban J connectivity index is 2.27. The number of hydrogen-bond donors (Lipinski definition) is 1. The Kier molecular flexibility index (Phi) is 5.19. The van der Waals surface area contributed by atoms with Crippen molar-refractivity contribution in [2.75, 3.05) is 5.32 Å². The number of nitrogens with one attached hydrogen (secondary N) is 1. The molecule has 0 bridgehead atoms. The van der Waals surface area contributed by atoms with Crippen LogP contribution in [0.1, 0.15) is 18.5 Å². The highest BCUT2D eigenvalue weighted by atomic mass is 79.9. The van der Waals surface area contributed by atoms with Gasteiger partial charge in [-0.2, -0.15) is 0 Å². The molecule has 106 valence electrons. The van der Waals surface area contributed by atoms with E-state index >= 15 is 0 Å². The molecular formula is C14H10BrCl3FN. The quantitative estimate of drug-likeness (QED) is 0.606. The van der Waals surface area contributed by atoms with Crippen molar-refractivity contribution in [3.8, 4) is 0 Å². The van der Waals surface area contributed by atoms with Gasteiger partial charge in [-0.3, -0.25) is 0 Å². The lowest BCUT2D eigenvalue weighted by Crippen LogP contribution is -2.08. The van der Waals surface area contributed by atoms with Gasteiger partial charge in [-0.1, -0.05) is 56.8 Å². The number of anilines is 1. The lowest BCUT2D eigenvalue weighted by atomic mass is 10.1. The normalized spacial score (nSPS) is 12.3. The van der Waals surface area contributed by atoms with Crippen LogP contribution in [-0.4, -0.2) is 0 Å². The summed E-state index contributed by atoms with van der Waals surface area (Å²) >= 11 is 21.3. The summed E-state index contributed by atoms with van der Waals surface area (Å²) in [6, 6.07) is 7.98. The molecule has 0 heterocycles. The number of halogens is 5. The van der Waals surface area contributed by atoms with Crippen LogP contribution in [0.4, 0.5) is 10.1 Å². The second-order valence-corrected chi connectivity index (χ2v) is 6.42. The molecule has 0 saturated heterocycles. The summed E-state index contributed by atoms with van der Waals surface area (Å²) in [4.78, 5) is 0. The standard InChI is InChI=1S/C14H10BrCl3FN/c1-7(8-2-3-10(16)13(19)4-8)20-14-11(17)5-9(15)6-12(14)18/h2-7,20H,1H3. The van der Waals surface area contributed by atoms with Gasteiger partial charge in [0, 0.05) is 10.5 Å². The summed E-state index contributed by atoms with van der Waals surface area (Å²) in [5, 5.41) is 4.25. The van der Waals surface area contributed by atoms with E-state index in [1.165, 1.54) is 12.1 Å². The van der Waals surface area contributed by atoms with Crippen molar-refractivity contribution in [3.05, 3.63) is 61.3 Å². The molecule has 1 unspecified atom stereocenters. The summed E-state index contributed by atoms with van der Waals surface area (Å²) in [5.41, 5.74) is 1.36. The van der Waals surface area contributed by atoms with E-state index in [2.05, 4.69) is 21.2 Å². The molecule has 0 aliphatic rings. The molecule has 1 N–H and O–H groups in total. The van der Waals surface area contributed by atoms with E-state index in [-0.39, 0.29) is 11.1 Å². The fraction of sp³-hybridized carbons (Fsp3) is 0.143. The minimum absolute atomic E-state index is 0.0978.